The first-order valence-electron chi connectivity index (χ1n) is 8.83. The Morgan fingerprint density at radius 1 is 1.14 bits per heavy atom. The number of phenolic OH excluding ortho intramolecular Hbond substituents is 1. The summed E-state index contributed by atoms with van der Waals surface area (Å²) in [4.78, 5) is 4.48. The summed E-state index contributed by atoms with van der Waals surface area (Å²) in [5.41, 5.74) is 1.09. The van der Waals surface area contributed by atoms with E-state index in [1.807, 2.05) is 6.92 Å². The normalized spacial score (nSPS) is 12.4. The molecule has 0 heterocycles. The molecule has 0 spiro atoms. The number of rotatable bonds is 7. The van der Waals surface area contributed by atoms with Crippen LogP contribution in [0.4, 0.5) is 8.78 Å². The first kappa shape index (κ1) is 21.3. The van der Waals surface area contributed by atoms with Gasteiger partial charge in [-0.1, -0.05) is 6.07 Å². The van der Waals surface area contributed by atoms with Crippen molar-refractivity contribution in [1.29, 1.82) is 0 Å². The minimum atomic E-state index is -0.621. The van der Waals surface area contributed by atoms with E-state index >= 15 is 0 Å². The Hall–Kier alpha value is -3.03. The van der Waals surface area contributed by atoms with Gasteiger partial charge in [0.1, 0.15) is 11.6 Å². The number of phenols is 1. The van der Waals surface area contributed by atoms with Crippen LogP contribution in [0, 0.1) is 11.6 Å². The molecule has 0 fully saturated rings. The number of halogens is 2. The van der Waals surface area contributed by atoms with Gasteiger partial charge in [-0.2, -0.15) is 0 Å². The van der Waals surface area contributed by atoms with Gasteiger partial charge in [0, 0.05) is 18.2 Å². The molecule has 0 aliphatic rings. The van der Waals surface area contributed by atoms with Crippen LogP contribution in [0.25, 0.3) is 0 Å². The van der Waals surface area contributed by atoms with Gasteiger partial charge in [-0.15, -0.1) is 0 Å². The molecule has 0 amide bonds. The quantitative estimate of drug-likeness (QED) is 0.496. The molecule has 0 aromatic heterocycles. The maximum absolute atomic E-state index is 14.0. The molecule has 2 rings (SSSR count). The Kier molecular flexibility index (Phi) is 7.43. The number of hydrogen-bond donors (Lipinski definition) is 3. The Morgan fingerprint density at radius 3 is 2.32 bits per heavy atom. The third-order valence-corrected chi connectivity index (χ3v) is 4.09. The molecule has 1 atom stereocenters. The van der Waals surface area contributed by atoms with Crippen LogP contribution >= 0.6 is 0 Å². The Morgan fingerprint density at radius 2 is 1.79 bits per heavy atom. The molecule has 0 saturated carbocycles. The zero-order valence-corrected chi connectivity index (χ0v) is 16.3. The molecule has 152 valence electrons. The van der Waals surface area contributed by atoms with Crippen molar-refractivity contribution in [3.8, 4) is 17.2 Å². The monoisotopic (exact) mass is 393 g/mol. The second-order valence-corrected chi connectivity index (χ2v) is 6.08. The molecule has 8 heteroatoms. The number of ether oxygens (including phenoxy) is 2. The first-order chi connectivity index (χ1) is 13.4. The maximum Gasteiger partial charge on any atom is 0.200 e. The molecular formula is C20H25F2N3O3. The highest BCUT2D eigenvalue weighted by Crippen LogP contribution is 2.37. The van der Waals surface area contributed by atoms with Crippen molar-refractivity contribution in [2.24, 2.45) is 4.99 Å². The van der Waals surface area contributed by atoms with Gasteiger partial charge in [0.2, 0.25) is 5.75 Å². The Bertz CT molecular complexity index is 818. The van der Waals surface area contributed by atoms with Crippen molar-refractivity contribution in [3.63, 3.8) is 0 Å². The van der Waals surface area contributed by atoms with Crippen molar-refractivity contribution >= 4 is 5.96 Å². The molecule has 2 aromatic carbocycles. The van der Waals surface area contributed by atoms with Gasteiger partial charge in [0.25, 0.3) is 0 Å². The van der Waals surface area contributed by atoms with Gasteiger partial charge in [-0.3, -0.25) is 0 Å². The van der Waals surface area contributed by atoms with Crippen LogP contribution < -0.4 is 20.1 Å². The van der Waals surface area contributed by atoms with Gasteiger partial charge in [-0.05, 0) is 37.6 Å². The van der Waals surface area contributed by atoms with Crippen LogP contribution in [0.2, 0.25) is 0 Å². The summed E-state index contributed by atoms with van der Waals surface area (Å²) in [5.74, 6) is -0.297. The number of nitrogens with one attached hydrogen (secondary N) is 2. The summed E-state index contributed by atoms with van der Waals surface area (Å²) < 4.78 is 37.4. The largest absolute Gasteiger partial charge is 0.502 e. The van der Waals surface area contributed by atoms with E-state index in [0.29, 0.717) is 18.1 Å². The molecule has 0 saturated heterocycles. The summed E-state index contributed by atoms with van der Waals surface area (Å²) in [6.07, 6.45) is 0. The number of guanidine groups is 1. The van der Waals surface area contributed by atoms with E-state index in [1.54, 1.807) is 19.1 Å². The molecule has 0 radical (unpaired) electrons. The molecule has 3 N–H and O–H groups in total. The molecule has 6 nitrogen and oxygen atoms in total. The summed E-state index contributed by atoms with van der Waals surface area (Å²) in [6.45, 7) is 4.54. The summed E-state index contributed by atoms with van der Waals surface area (Å²) >= 11 is 0. The van der Waals surface area contributed by atoms with Crippen molar-refractivity contribution in [1.82, 2.24) is 10.6 Å². The predicted octanol–water partition coefficient (Wildman–Crippen LogP) is 3.50. The van der Waals surface area contributed by atoms with E-state index in [0.717, 1.165) is 11.6 Å². The second kappa shape index (κ2) is 9.77. The van der Waals surface area contributed by atoms with E-state index in [9.17, 15) is 13.9 Å². The topological polar surface area (TPSA) is 75.1 Å². The lowest BCUT2D eigenvalue weighted by molar-refractivity contribution is 0.339. The van der Waals surface area contributed by atoms with E-state index in [-0.39, 0.29) is 23.8 Å². The van der Waals surface area contributed by atoms with E-state index in [2.05, 4.69) is 15.6 Å². The van der Waals surface area contributed by atoms with Crippen LogP contribution in [0.15, 0.2) is 35.3 Å². The maximum atomic E-state index is 14.0. The fourth-order valence-corrected chi connectivity index (χ4v) is 2.66. The number of hydrogen-bond acceptors (Lipinski definition) is 4. The molecular weight excluding hydrogens is 368 g/mol. The van der Waals surface area contributed by atoms with Crippen LogP contribution in [-0.4, -0.2) is 31.8 Å². The average Bonchev–Trinajstić information content (AvgIpc) is 2.66. The smallest absolute Gasteiger partial charge is 0.200 e. The summed E-state index contributed by atoms with van der Waals surface area (Å²) in [7, 11) is 2.90. The molecule has 0 aliphatic carbocycles. The molecule has 2 aromatic rings. The zero-order valence-electron chi connectivity index (χ0n) is 16.3. The van der Waals surface area contributed by atoms with Crippen LogP contribution in [0.5, 0.6) is 17.2 Å². The van der Waals surface area contributed by atoms with E-state index < -0.39 is 17.7 Å². The number of aromatic hydroxyl groups is 1. The van der Waals surface area contributed by atoms with Crippen molar-refractivity contribution in [2.75, 3.05) is 20.8 Å². The van der Waals surface area contributed by atoms with Gasteiger partial charge >= 0.3 is 0 Å². The fraction of sp³-hybridized carbons (Fsp3) is 0.350. The minimum absolute atomic E-state index is 0.0804. The lowest BCUT2D eigenvalue weighted by Gasteiger charge is -2.19. The minimum Gasteiger partial charge on any atom is -0.502 e. The van der Waals surface area contributed by atoms with Crippen LogP contribution in [-0.2, 0) is 6.54 Å². The van der Waals surface area contributed by atoms with Gasteiger partial charge in [0.05, 0.1) is 26.8 Å². The second-order valence-electron chi connectivity index (χ2n) is 6.08. The standard InChI is InChI=1S/C20H25F2N3O3/c1-5-23-20(25-12(2)15-7-6-14(21)10-16(15)22)24-11-13-8-17(27-3)19(26)18(9-13)28-4/h6-10,12,26H,5,11H2,1-4H3,(H2,23,24,25). The number of methoxy groups -OCH3 is 2. The Balaban J connectivity index is 2.20. The molecule has 0 bridgehead atoms. The number of nitrogens with zero attached hydrogens (tertiary/aromatic N) is 1. The number of aliphatic imine (C=N–C) groups is 1. The van der Waals surface area contributed by atoms with Crippen LogP contribution in [0.3, 0.4) is 0 Å². The van der Waals surface area contributed by atoms with Crippen molar-refractivity contribution in [3.05, 3.63) is 53.1 Å². The highest BCUT2D eigenvalue weighted by Gasteiger charge is 2.14. The Labute approximate surface area is 163 Å². The summed E-state index contributed by atoms with van der Waals surface area (Å²) in [6, 6.07) is 6.37. The molecule has 0 aliphatic heterocycles. The molecule has 1 unspecified atom stereocenters. The average molecular weight is 393 g/mol. The lowest BCUT2D eigenvalue weighted by atomic mass is 10.1. The SMILES string of the molecule is CCNC(=NCc1cc(OC)c(O)c(OC)c1)NC(C)c1ccc(F)cc1F. The fourth-order valence-electron chi connectivity index (χ4n) is 2.66. The third kappa shape index (κ3) is 5.25. The van der Waals surface area contributed by atoms with E-state index in [4.69, 9.17) is 9.47 Å². The predicted molar refractivity (Wildman–Crippen MR) is 104 cm³/mol. The van der Waals surface area contributed by atoms with Crippen molar-refractivity contribution < 1.29 is 23.4 Å². The number of benzene rings is 2. The van der Waals surface area contributed by atoms with Crippen LogP contribution in [0.1, 0.15) is 31.0 Å². The first-order valence-corrected chi connectivity index (χ1v) is 8.83. The lowest BCUT2D eigenvalue weighted by Crippen LogP contribution is -2.39. The highest BCUT2D eigenvalue weighted by molar-refractivity contribution is 5.80. The van der Waals surface area contributed by atoms with Gasteiger partial charge < -0.3 is 25.2 Å². The molecule has 28 heavy (non-hydrogen) atoms. The highest BCUT2D eigenvalue weighted by atomic mass is 19.1. The summed E-state index contributed by atoms with van der Waals surface area (Å²) in [5, 5.41) is 16.2. The van der Waals surface area contributed by atoms with E-state index in [1.165, 1.54) is 26.4 Å². The zero-order chi connectivity index (χ0) is 20.7. The van der Waals surface area contributed by atoms with Gasteiger partial charge in [0.15, 0.2) is 17.5 Å². The van der Waals surface area contributed by atoms with Crippen molar-refractivity contribution in [2.45, 2.75) is 26.4 Å². The van der Waals surface area contributed by atoms with Gasteiger partial charge in [-0.25, -0.2) is 13.8 Å². The third-order valence-electron chi connectivity index (χ3n) is 4.09.